The summed E-state index contributed by atoms with van der Waals surface area (Å²) in [5, 5.41) is 24.8. The third kappa shape index (κ3) is 5.07. The minimum absolute atomic E-state index is 0.217. The van der Waals surface area contributed by atoms with Crippen LogP contribution in [0.2, 0.25) is 0 Å². The SMILES string of the molecule is CC(Nc1ccc(C(=O)c2ccccc2)cc1[N+](=O)[O-])c1cc(F)ccc1N1CCC(O)CC1. The molecule has 1 aliphatic heterocycles. The summed E-state index contributed by atoms with van der Waals surface area (Å²) in [6, 6.07) is 17.0. The highest BCUT2D eigenvalue weighted by Crippen LogP contribution is 2.34. The van der Waals surface area contributed by atoms with E-state index in [0.29, 0.717) is 37.1 Å². The standard InChI is InChI=1S/C26H26FN3O4/c1-17(22-16-20(27)8-10-24(22)29-13-11-21(31)12-14-29)28-23-9-7-19(15-25(23)30(33)34)26(32)18-5-3-2-4-6-18/h2-10,15-17,21,28,31H,11-14H2,1H3. The fraction of sp³-hybridized carbons (Fsp3) is 0.269. The van der Waals surface area contributed by atoms with Crippen LogP contribution in [0.4, 0.5) is 21.5 Å². The second kappa shape index (κ2) is 10.0. The lowest BCUT2D eigenvalue weighted by atomic mass is 10.00. The van der Waals surface area contributed by atoms with Gasteiger partial charge in [-0.1, -0.05) is 30.3 Å². The van der Waals surface area contributed by atoms with E-state index in [9.17, 15) is 24.4 Å². The highest BCUT2D eigenvalue weighted by Gasteiger charge is 2.24. The van der Waals surface area contributed by atoms with E-state index in [1.54, 1.807) is 42.5 Å². The first kappa shape index (κ1) is 23.4. The molecule has 1 aliphatic rings. The molecule has 4 rings (SSSR count). The summed E-state index contributed by atoms with van der Waals surface area (Å²) >= 11 is 0. The Balaban J connectivity index is 1.62. The maximum atomic E-state index is 14.2. The normalized spacial score (nSPS) is 15.1. The predicted molar refractivity (Wildman–Crippen MR) is 129 cm³/mol. The zero-order valence-corrected chi connectivity index (χ0v) is 18.8. The second-order valence-corrected chi connectivity index (χ2v) is 8.47. The molecule has 0 radical (unpaired) electrons. The number of benzene rings is 3. The van der Waals surface area contributed by atoms with Gasteiger partial charge in [-0.2, -0.15) is 0 Å². The number of piperidine rings is 1. The highest BCUT2D eigenvalue weighted by atomic mass is 19.1. The molecule has 1 saturated heterocycles. The van der Waals surface area contributed by atoms with Gasteiger partial charge in [-0.3, -0.25) is 14.9 Å². The fourth-order valence-electron chi connectivity index (χ4n) is 4.28. The molecule has 176 valence electrons. The Hall–Kier alpha value is -3.78. The molecule has 0 saturated carbocycles. The summed E-state index contributed by atoms with van der Waals surface area (Å²) in [5.41, 5.74) is 2.16. The zero-order valence-electron chi connectivity index (χ0n) is 18.8. The van der Waals surface area contributed by atoms with Gasteiger partial charge in [-0.25, -0.2) is 4.39 Å². The first-order valence-electron chi connectivity index (χ1n) is 11.2. The van der Waals surface area contributed by atoms with Crippen LogP contribution < -0.4 is 10.2 Å². The van der Waals surface area contributed by atoms with Crippen LogP contribution in [0.25, 0.3) is 0 Å². The van der Waals surface area contributed by atoms with Gasteiger partial charge in [-0.15, -0.1) is 0 Å². The summed E-state index contributed by atoms with van der Waals surface area (Å²) in [6.07, 6.45) is 0.914. The molecule has 0 aromatic heterocycles. The van der Waals surface area contributed by atoms with Crippen molar-refractivity contribution < 1.29 is 19.2 Å². The first-order valence-corrected chi connectivity index (χ1v) is 11.2. The Morgan fingerprint density at radius 2 is 1.79 bits per heavy atom. The van der Waals surface area contributed by atoms with Crippen LogP contribution in [0.1, 0.15) is 47.3 Å². The van der Waals surface area contributed by atoms with E-state index in [1.807, 2.05) is 6.92 Å². The van der Waals surface area contributed by atoms with Crippen LogP contribution in [-0.4, -0.2) is 35.0 Å². The number of rotatable bonds is 7. The van der Waals surface area contributed by atoms with E-state index in [0.717, 1.165) is 5.69 Å². The Bertz CT molecular complexity index is 1190. The van der Waals surface area contributed by atoms with Gasteiger partial charge in [0.1, 0.15) is 11.5 Å². The Morgan fingerprint density at radius 3 is 2.47 bits per heavy atom. The van der Waals surface area contributed by atoms with Crippen molar-refractivity contribution in [1.82, 2.24) is 0 Å². The number of hydrogen-bond donors (Lipinski definition) is 2. The van der Waals surface area contributed by atoms with Gasteiger partial charge in [0.2, 0.25) is 0 Å². The van der Waals surface area contributed by atoms with E-state index in [1.165, 1.54) is 24.3 Å². The summed E-state index contributed by atoms with van der Waals surface area (Å²) in [6.45, 7) is 3.09. The number of hydrogen-bond acceptors (Lipinski definition) is 6. The lowest BCUT2D eigenvalue weighted by Crippen LogP contribution is -2.36. The van der Waals surface area contributed by atoms with Crippen LogP contribution in [0.3, 0.4) is 0 Å². The number of anilines is 2. The quantitative estimate of drug-likeness (QED) is 0.288. The van der Waals surface area contributed by atoms with Gasteiger partial charge in [0.15, 0.2) is 5.78 Å². The number of nitro groups is 1. The zero-order chi connectivity index (χ0) is 24.2. The number of aliphatic hydroxyl groups excluding tert-OH is 1. The first-order chi connectivity index (χ1) is 16.3. The van der Waals surface area contributed by atoms with Crippen molar-refractivity contribution in [3.05, 3.63) is 99.4 Å². The number of nitro benzene ring substituents is 1. The Labute approximate surface area is 197 Å². The molecule has 1 heterocycles. The number of carbonyl (C=O) groups is 1. The highest BCUT2D eigenvalue weighted by molar-refractivity contribution is 6.09. The van der Waals surface area contributed by atoms with E-state index < -0.39 is 16.8 Å². The molecular formula is C26H26FN3O4. The molecule has 0 bridgehead atoms. The van der Waals surface area contributed by atoms with Crippen molar-refractivity contribution in [2.75, 3.05) is 23.3 Å². The van der Waals surface area contributed by atoms with Crippen LogP contribution in [0.5, 0.6) is 0 Å². The van der Waals surface area contributed by atoms with Crippen LogP contribution in [-0.2, 0) is 0 Å². The third-order valence-electron chi connectivity index (χ3n) is 6.13. The average Bonchev–Trinajstić information content (AvgIpc) is 2.85. The van der Waals surface area contributed by atoms with Crippen molar-refractivity contribution in [2.24, 2.45) is 0 Å². The summed E-state index contributed by atoms with van der Waals surface area (Å²) < 4.78 is 14.2. The molecule has 7 nitrogen and oxygen atoms in total. The minimum Gasteiger partial charge on any atom is -0.393 e. The lowest BCUT2D eigenvalue weighted by molar-refractivity contribution is -0.384. The molecule has 1 atom stereocenters. The molecule has 3 aromatic carbocycles. The average molecular weight is 464 g/mol. The Morgan fingerprint density at radius 1 is 1.09 bits per heavy atom. The van der Waals surface area contributed by atoms with Crippen LogP contribution >= 0.6 is 0 Å². The van der Waals surface area contributed by atoms with Gasteiger partial charge < -0.3 is 15.3 Å². The van der Waals surface area contributed by atoms with Gasteiger partial charge in [0.05, 0.1) is 17.1 Å². The van der Waals surface area contributed by atoms with Gasteiger partial charge in [-0.05, 0) is 50.1 Å². The number of halogens is 1. The predicted octanol–water partition coefficient (Wildman–Crippen LogP) is 5.10. The molecule has 34 heavy (non-hydrogen) atoms. The molecular weight excluding hydrogens is 437 g/mol. The number of aliphatic hydroxyl groups is 1. The molecule has 1 unspecified atom stereocenters. The summed E-state index contributed by atoms with van der Waals surface area (Å²) in [7, 11) is 0. The van der Waals surface area contributed by atoms with E-state index in [-0.39, 0.29) is 28.8 Å². The van der Waals surface area contributed by atoms with Gasteiger partial charge in [0.25, 0.3) is 5.69 Å². The molecule has 0 amide bonds. The van der Waals surface area contributed by atoms with Gasteiger partial charge in [0, 0.05) is 41.5 Å². The molecule has 1 fully saturated rings. The lowest BCUT2D eigenvalue weighted by Gasteiger charge is -2.34. The second-order valence-electron chi connectivity index (χ2n) is 8.47. The van der Waals surface area contributed by atoms with Crippen molar-refractivity contribution in [3.8, 4) is 0 Å². The van der Waals surface area contributed by atoms with Crippen molar-refractivity contribution in [3.63, 3.8) is 0 Å². The summed E-state index contributed by atoms with van der Waals surface area (Å²) in [5.74, 6) is -0.703. The summed E-state index contributed by atoms with van der Waals surface area (Å²) in [4.78, 5) is 26.1. The van der Waals surface area contributed by atoms with Crippen molar-refractivity contribution in [2.45, 2.75) is 31.9 Å². The minimum atomic E-state index is -0.532. The monoisotopic (exact) mass is 463 g/mol. The maximum absolute atomic E-state index is 14.2. The topological polar surface area (TPSA) is 95.7 Å². The van der Waals surface area contributed by atoms with Crippen LogP contribution in [0.15, 0.2) is 66.7 Å². The van der Waals surface area contributed by atoms with E-state index in [4.69, 9.17) is 0 Å². The molecule has 2 N–H and O–H groups in total. The molecule has 0 aliphatic carbocycles. The van der Waals surface area contributed by atoms with Crippen LogP contribution in [0, 0.1) is 15.9 Å². The fourth-order valence-corrected chi connectivity index (χ4v) is 4.28. The largest absolute Gasteiger partial charge is 0.393 e. The van der Waals surface area contributed by atoms with Crippen molar-refractivity contribution in [1.29, 1.82) is 0 Å². The Kier molecular flexibility index (Phi) is 6.88. The van der Waals surface area contributed by atoms with Gasteiger partial charge >= 0.3 is 0 Å². The van der Waals surface area contributed by atoms with E-state index >= 15 is 0 Å². The molecule has 0 spiro atoms. The number of nitrogens with zero attached hydrogens (tertiary/aromatic N) is 2. The smallest absolute Gasteiger partial charge is 0.293 e. The maximum Gasteiger partial charge on any atom is 0.293 e. The number of carbonyl (C=O) groups excluding carboxylic acids is 1. The molecule has 8 heteroatoms. The number of ketones is 1. The third-order valence-corrected chi connectivity index (χ3v) is 6.13. The molecule has 3 aromatic rings. The van der Waals surface area contributed by atoms with Crippen molar-refractivity contribution >= 4 is 22.8 Å². The number of nitrogens with one attached hydrogen (secondary N) is 1. The van der Waals surface area contributed by atoms with E-state index in [2.05, 4.69) is 10.2 Å².